The Morgan fingerprint density at radius 1 is 0.767 bits per heavy atom. The van der Waals surface area contributed by atoms with E-state index < -0.39 is 0 Å². The Kier molecular flexibility index (Phi) is 5.25. The van der Waals surface area contributed by atoms with Crippen LogP contribution in [0.3, 0.4) is 0 Å². The van der Waals surface area contributed by atoms with Crippen molar-refractivity contribution in [2.75, 3.05) is 5.88 Å². The van der Waals surface area contributed by atoms with E-state index in [1.54, 1.807) is 0 Å². The molecule has 1 aromatic heterocycles. The van der Waals surface area contributed by atoms with Gasteiger partial charge in [-0.05, 0) is 56.6 Å². The van der Waals surface area contributed by atoms with Gasteiger partial charge >= 0.3 is 0 Å². The molecular weight excluding hydrogens is 386 g/mol. The number of halogens is 1. The first-order valence-corrected chi connectivity index (χ1v) is 11.9. The van der Waals surface area contributed by atoms with Crippen LogP contribution in [0, 0.1) is 0 Å². The summed E-state index contributed by atoms with van der Waals surface area (Å²) in [4.78, 5) is 0. The van der Waals surface area contributed by atoms with Gasteiger partial charge in [-0.3, -0.25) is 0 Å². The van der Waals surface area contributed by atoms with Gasteiger partial charge in [0.1, 0.15) is 6.54 Å². The molecule has 0 radical (unpaired) electrons. The predicted octanol–water partition coefficient (Wildman–Crippen LogP) is 7.56. The molecule has 0 amide bonds. The molecule has 0 aliphatic rings. The molecule has 1 heterocycles. The highest BCUT2D eigenvalue weighted by Crippen LogP contribution is 2.39. The quantitative estimate of drug-likeness (QED) is 0.112. The van der Waals surface area contributed by atoms with Crippen molar-refractivity contribution in [1.29, 1.82) is 0 Å². The van der Waals surface area contributed by atoms with Gasteiger partial charge < -0.3 is 0 Å². The summed E-state index contributed by atoms with van der Waals surface area (Å²) in [6, 6.07) is 18.3. The van der Waals surface area contributed by atoms with E-state index in [4.69, 9.17) is 11.6 Å². The van der Waals surface area contributed by atoms with E-state index in [0.717, 1.165) is 38.6 Å². The number of hydrogen-bond acceptors (Lipinski definition) is 0. The SMILES string of the molecule is CCCc1c(CCC)[n+](CCCCl)cc2c1cc1ccc3cccc4ccc2c1c34. The van der Waals surface area contributed by atoms with Crippen molar-refractivity contribution < 1.29 is 4.57 Å². The topological polar surface area (TPSA) is 3.88 Å². The third-order valence-corrected chi connectivity index (χ3v) is 6.78. The summed E-state index contributed by atoms with van der Waals surface area (Å²) in [5, 5.41) is 11.0. The van der Waals surface area contributed by atoms with Gasteiger partial charge in [0.2, 0.25) is 0 Å². The molecule has 4 aromatic carbocycles. The fourth-order valence-electron chi connectivity index (χ4n) is 5.27. The molecule has 30 heavy (non-hydrogen) atoms. The Morgan fingerprint density at radius 3 is 2.23 bits per heavy atom. The summed E-state index contributed by atoms with van der Waals surface area (Å²) in [7, 11) is 0. The van der Waals surface area contributed by atoms with Gasteiger partial charge in [0.25, 0.3) is 0 Å². The zero-order chi connectivity index (χ0) is 20.7. The van der Waals surface area contributed by atoms with Crippen LogP contribution in [0.4, 0.5) is 0 Å². The minimum Gasteiger partial charge on any atom is -0.202 e. The van der Waals surface area contributed by atoms with Gasteiger partial charge in [0.15, 0.2) is 11.9 Å². The normalized spacial score (nSPS) is 12.1. The number of alkyl halides is 1. The summed E-state index contributed by atoms with van der Waals surface area (Å²) in [5.41, 5.74) is 3.04. The number of rotatable bonds is 7. The number of pyridine rings is 1. The van der Waals surface area contributed by atoms with E-state index >= 15 is 0 Å². The maximum absolute atomic E-state index is 6.09. The van der Waals surface area contributed by atoms with Crippen LogP contribution in [-0.4, -0.2) is 5.88 Å². The molecule has 0 spiro atoms. The first kappa shape index (κ1) is 19.6. The molecule has 152 valence electrons. The van der Waals surface area contributed by atoms with Crippen molar-refractivity contribution in [3.05, 3.63) is 66.0 Å². The van der Waals surface area contributed by atoms with E-state index in [9.17, 15) is 0 Å². The molecule has 0 N–H and O–H groups in total. The number of aromatic nitrogens is 1. The van der Waals surface area contributed by atoms with E-state index in [-0.39, 0.29) is 0 Å². The first-order valence-electron chi connectivity index (χ1n) is 11.4. The lowest BCUT2D eigenvalue weighted by atomic mass is 9.89. The standard InChI is InChI=1S/C28H29ClN/c1-3-7-22-24-17-21-12-11-19-9-5-10-20-13-14-23(28(21)27(19)20)25(24)18-30(16-6-15-29)26(22)8-4-2/h5,9-14,17-18H,3-4,6-8,15-16H2,1-2H3/q+1. The van der Waals surface area contributed by atoms with Crippen LogP contribution in [0.15, 0.2) is 54.7 Å². The molecule has 0 unspecified atom stereocenters. The molecule has 0 saturated heterocycles. The highest BCUT2D eigenvalue weighted by molar-refractivity contribution is 6.28. The van der Waals surface area contributed by atoms with Crippen LogP contribution in [0.25, 0.3) is 43.1 Å². The number of hydrogen-bond donors (Lipinski definition) is 0. The van der Waals surface area contributed by atoms with Gasteiger partial charge in [-0.2, -0.15) is 0 Å². The van der Waals surface area contributed by atoms with Crippen molar-refractivity contribution in [1.82, 2.24) is 0 Å². The van der Waals surface area contributed by atoms with E-state index in [1.807, 2.05) is 0 Å². The first-order chi connectivity index (χ1) is 14.8. The summed E-state index contributed by atoms with van der Waals surface area (Å²) in [6.07, 6.45) is 8.00. The summed E-state index contributed by atoms with van der Waals surface area (Å²) in [6.45, 7) is 5.57. The van der Waals surface area contributed by atoms with E-state index in [0.29, 0.717) is 5.88 Å². The fourth-order valence-corrected chi connectivity index (χ4v) is 5.39. The molecule has 0 bridgehead atoms. The molecule has 0 aliphatic carbocycles. The van der Waals surface area contributed by atoms with E-state index in [2.05, 4.69) is 73.1 Å². The van der Waals surface area contributed by atoms with Crippen LogP contribution in [0.2, 0.25) is 0 Å². The van der Waals surface area contributed by atoms with Crippen molar-refractivity contribution in [3.63, 3.8) is 0 Å². The maximum Gasteiger partial charge on any atom is 0.185 e. The van der Waals surface area contributed by atoms with Gasteiger partial charge in [-0.25, -0.2) is 4.57 Å². The average molecular weight is 415 g/mol. The monoisotopic (exact) mass is 414 g/mol. The highest BCUT2D eigenvalue weighted by atomic mass is 35.5. The Hall–Kier alpha value is -2.38. The molecule has 5 rings (SSSR count). The molecule has 2 heteroatoms. The second-order valence-corrected chi connectivity index (χ2v) is 8.86. The van der Waals surface area contributed by atoms with Crippen LogP contribution in [0.1, 0.15) is 44.4 Å². The Morgan fingerprint density at radius 2 is 1.50 bits per heavy atom. The largest absolute Gasteiger partial charge is 0.202 e. The summed E-state index contributed by atoms with van der Waals surface area (Å²) < 4.78 is 2.51. The minimum absolute atomic E-state index is 0.707. The van der Waals surface area contributed by atoms with Crippen LogP contribution >= 0.6 is 11.6 Å². The second kappa shape index (κ2) is 8.04. The van der Waals surface area contributed by atoms with Gasteiger partial charge in [-0.15, -0.1) is 11.6 Å². The number of nitrogens with zero attached hydrogens (tertiary/aromatic N) is 1. The van der Waals surface area contributed by atoms with E-state index in [1.165, 1.54) is 54.3 Å². The molecule has 0 saturated carbocycles. The predicted molar refractivity (Wildman–Crippen MR) is 131 cm³/mol. The average Bonchev–Trinajstić information content (AvgIpc) is 2.77. The van der Waals surface area contributed by atoms with Crippen molar-refractivity contribution in [2.24, 2.45) is 0 Å². The van der Waals surface area contributed by atoms with Crippen molar-refractivity contribution in [2.45, 2.75) is 52.5 Å². The Bertz CT molecular complexity index is 1340. The van der Waals surface area contributed by atoms with Crippen molar-refractivity contribution in [3.8, 4) is 0 Å². The van der Waals surface area contributed by atoms with Gasteiger partial charge in [-0.1, -0.05) is 62.7 Å². The summed E-state index contributed by atoms with van der Waals surface area (Å²) in [5.74, 6) is 0.707. The van der Waals surface area contributed by atoms with Crippen molar-refractivity contribution >= 4 is 54.7 Å². The molecular formula is C28H29ClN+. The minimum atomic E-state index is 0.707. The van der Waals surface area contributed by atoms with Crippen LogP contribution in [-0.2, 0) is 19.4 Å². The second-order valence-electron chi connectivity index (χ2n) is 8.48. The Balaban J connectivity index is 1.94. The van der Waals surface area contributed by atoms with Crippen LogP contribution in [0.5, 0.6) is 0 Å². The number of benzene rings is 4. The molecule has 5 aromatic rings. The van der Waals surface area contributed by atoms with Gasteiger partial charge in [0, 0.05) is 24.3 Å². The Labute approximate surface area is 183 Å². The van der Waals surface area contributed by atoms with Crippen LogP contribution < -0.4 is 4.57 Å². The summed E-state index contributed by atoms with van der Waals surface area (Å²) >= 11 is 6.09. The smallest absolute Gasteiger partial charge is 0.185 e. The molecule has 1 nitrogen and oxygen atoms in total. The number of aryl methyl sites for hydroxylation is 2. The lowest BCUT2D eigenvalue weighted by molar-refractivity contribution is -0.703. The third-order valence-electron chi connectivity index (χ3n) is 6.51. The molecule has 0 atom stereocenters. The zero-order valence-electron chi connectivity index (χ0n) is 18.0. The lowest BCUT2D eigenvalue weighted by Gasteiger charge is -2.17. The zero-order valence-corrected chi connectivity index (χ0v) is 18.7. The molecule has 0 fully saturated rings. The highest BCUT2D eigenvalue weighted by Gasteiger charge is 2.22. The third kappa shape index (κ3) is 3.03. The lowest BCUT2D eigenvalue weighted by Crippen LogP contribution is -2.40. The molecule has 0 aliphatic heterocycles. The number of fused-ring (bicyclic) bond motifs is 2. The van der Waals surface area contributed by atoms with Gasteiger partial charge in [0.05, 0.1) is 5.39 Å². The maximum atomic E-state index is 6.09. The fraction of sp³-hybridized carbons (Fsp3) is 0.321.